The fourth-order valence-corrected chi connectivity index (χ4v) is 11.2. The molecule has 1 aliphatic carbocycles. The molecule has 2 unspecified atom stereocenters. The lowest BCUT2D eigenvalue weighted by atomic mass is 9.75. The zero-order valence-electron chi connectivity index (χ0n) is 34.7. The molecule has 0 radical (unpaired) electrons. The average molecular weight is 838 g/mol. The first-order chi connectivity index (χ1) is 31.7. The Morgan fingerprint density at radius 1 is 0.438 bits per heavy atom. The lowest BCUT2D eigenvalue weighted by molar-refractivity contribution is 0.653. The molecule has 0 bridgehead atoms. The van der Waals surface area contributed by atoms with Crippen molar-refractivity contribution in [1.29, 1.82) is 0 Å². The quantitative estimate of drug-likeness (QED) is 0.181. The van der Waals surface area contributed by atoms with Crippen LogP contribution in [-0.4, -0.2) is 11.7 Å². The monoisotopic (exact) mass is 837 g/mol. The molecule has 2 aromatic heterocycles. The molecule has 64 heavy (non-hydrogen) atoms. The Kier molecular flexibility index (Phi) is 8.56. The molecule has 0 spiro atoms. The topological polar surface area (TPSA) is 49.9 Å². The SMILES string of the molecule is c1ccc(C2=NC(c3cc(-c4ccccc4)cc4oc5c(C6Cc7ccccc7-c7cc8c(cc76)sc6ccccc68)cccc5c34)N=C(c3ccc(-c4ccccc4)cc3)N2)cc1. The number of amidine groups is 2. The largest absolute Gasteiger partial charge is 0.456 e. The number of rotatable bonds is 6. The molecule has 9 aromatic carbocycles. The van der Waals surface area contributed by atoms with Crippen molar-refractivity contribution in [1.82, 2.24) is 5.32 Å². The zero-order valence-corrected chi connectivity index (χ0v) is 35.5. The van der Waals surface area contributed by atoms with Gasteiger partial charge in [0.15, 0.2) is 6.17 Å². The van der Waals surface area contributed by atoms with Gasteiger partial charge in [-0.05, 0) is 81.3 Å². The molecule has 302 valence electrons. The first-order valence-corrected chi connectivity index (χ1v) is 22.7. The standard InChI is InChI=1S/C59H39N3OS/c1-4-15-36(16-5-1)38-27-29-40(30-28-38)58-60-57(39-19-8-3-9-20-39)61-59(62-58)51-32-42(37-17-6-2-7-18-37)33-52-55(51)46-25-14-24-45(56(46)63-52)47-31-41-21-10-11-22-43(41)48-34-50-44-23-12-13-26-53(44)64-54(50)35-49(47)48/h1-30,32-35,47,59H,31H2,(H,60,61,62). The van der Waals surface area contributed by atoms with Crippen molar-refractivity contribution >= 4 is 65.1 Å². The molecule has 3 heterocycles. The average Bonchev–Trinajstić information content (AvgIpc) is 3.94. The predicted molar refractivity (Wildman–Crippen MR) is 267 cm³/mol. The Morgan fingerprint density at radius 3 is 1.81 bits per heavy atom. The van der Waals surface area contributed by atoms with Gasteiger partial charge in [-0.1, -0.05) is 176 Å². The summed E-state index contributed by atoms with van der Waals surface area (Å²) < 4.78 is 9.87. The van der Waals surface area contributed by atoms with Crippen molar-refractivity contribution in [3.8, 4) is 33.4 Å². The third kappa shape index (κ3) is 6.11. The van der Waals surface area contributed by atoms with E-state index < -0.39 is 6.17 Å². The summed E-state index contributed by atoms with van der Waals surface area (Å²) >= 11 is 1.88. The van der Waals surface area contributed by atoms with Crippen LogP contribution in [0.3, 0.4) is 0 Å². The summed E-state index contributed by atoms with van der Waals surface area (Å²) in [5.74, 6) is 1.64. The van der Waals surface area contributed by atoms with Crippen LogP contribution in [0, 0.1) is 0 Å². The molecule has 13 rings (SSSR count). The minimum Gasteiger partial charge on any atom is -0.456 e. The van der Waals surface area contributed by atoms with E-state index >= 15 is 0 Å². The third-order valence-corrected chi connectivity index (χ3v) is 14.3. The number of aliphatic imine (C=N–C) groups is 2. The molecule has 2 aliphatic rings. The van der Waals surface area contributed by atoms with Gasteiger partial charge in [-0.3, -0.25) is 0 Å². The van der Waals surface area contributed by atoms with Crippen molar-refractivity contribution in [2.45, 2.75) is 18.5 Å². The second-order valence-electron chi connectivity index (χ2n) is 16.8. The number of nitrogens with one attached hydrogen (secondary N) is 1. The van der Waals surface area contributed by atoms with Gasteiger partial charge in [-0.15, -0.1) is 11.3 Å². The third-order valence-electron chi connectivity index (χ3n) is 13.1. The number of benzene rings is 9. The van der Waals surface area contributed by atoms with Crippen molar-refractivity contribution < 1.29 is 4.42 Å². The Bertz CT molecular complexity index is 3660. The summed E-state index contributed by atoms with van der Waals surface area (Å²) in [5, 5.41) is 8.39. The molecule has 5 heteroatoms. The zero-order chi connectivity index (χ0) is 42.1. The molecular weight excluding hydrogens is 799 g/mol. The van der Waals surface area contributed by atoms with Crippen LogP contribution in [-0.2, 0) is 6.42 Å². The van der Waals surface area contributed by atoms with Gasteiger partial charge >= 0.3 is 0 Å². The van der Waals surface area contributed by atoms with E-state index in [-0.39, 0.29) is 5.92 Å². The lowest BCUT2D eigenvalue weighted by Gasteiger charge is -2.28. The van der Waals surface area contributed by atoms with Crippen LogP contribution in [0.4, 0.5) is 0 Å². The number of para-hydroxylation sites is 1. The van der Waals surface area contributed by atoms with Crippen LogP contribution in [0.15, 0.2) is 221 Å². The maximum absolute atomic E-state index is 7.24. The van der Waals surface area contributed by atoms with E-state index in [2.05, 4.69) is 206 Å². The van der Waals surface area contributed by atoms with E-state index in [1.165, 1.54) is 53.6 Å². The molecule has 1 N–H and O–H groups in total. The highest BCUT2D eigenvalue weighted by molar-refractivity contribution is 7.25. The van der Waals surface area contributed by atoms with Gasteiger partial charge in [-0.2, -0.15) is 0 Å². The van der Waals surface area contributed by atoms with Crippen molar-refractivity contribution in [2.75, 3.05) is 0 Å². The van der Waals surface area contributed by atoms with Crippen molar-refractivity contribution in [2.24, 2.45) is 9.98 Å². The maximum atomic E-state index is 7.24. The van der Waals surface area contributed by atoms with Crippen molar-refractivity contribution in [3.05, 3.63) is 240 Å². The first-order valence-electron chi connectivity index (χ1n) is 21.9. The molecule has 4 nitrogen and oxygen atoms in total. The van der Waals surface area contributed by atoms with Crippen LogP contribution in [0.25, 0.3) is 75.5 Å². The molecule has 0 fully saturated rings. The van der Waals surface area contributed by atoms with E-state index in [0.717, 1.165) is 73.4 Å². The normalized spacial score (nSPS) is 15.8. The van der Waals surface area contributed by atoms with Gasteiger partial charge in [0.25, 0.3) is 0 Å². The van der Waals surface area contributed by atoms with Crippen LogP contribution in [0.1, 0.15) is 45.5 Å². The minimum absolute atomic E-state index is 0.0888. The van der Waals surface area contributed by atoms with E-state index in [9.17, 15) is 0 Å². The Balaban J connectivity index is 1.02. The molecule has 0 amide bonds. The Labute approximate surface area is 374 Å². The Hall–Kier alpha value is -7.86. The molecule has 11 aromatic rings. The van der Waals surface area contributed by atoms with Crippen LogP contribution >= 0.6 is 11.3 Å². The number of furan rings is 1. The van der Waals surface area contributed by atoms with Gasteiger partial charge in [-0.25, -0.2) is 9.98 Å². The summed E-state index contributed by atoms with van der Waals surface area (Å²) in [6.07, 6.45) is 0.326. The van der Waals surface area contributed by atoms with E-state index in [1.54, 1.807) is 0 Å². The van der Waals surface area contributed by atoms with E-state index in [1.807, 2.05) is 17.4 Å². The fraction of sp³-hybridized carbons (Fsp3) is 0.0508. The molecule has 2 atom stereocenters. The number of hydrogen-bond donors (Lipinski definition) is 1. The van der Waals surface area contributed by atoms with Gasteiger partial charge in [0.2, 0.25) is 0 Å². The number of nitrogens with zero attached hydrogens (tertiary/aromatic N) is 2. The second-order valence-corrected chi connectivity index (χ2v) is 17.9. The van der Waals surface area contributed by atoms with Crippen LogP contribution < -0.4 is 5.32 Å². The maximum Gasteiger partial charge on any atom is 0.170 e. The fourth-order valence-electron chi connectivity index (χ4n) is 10.1. The minimum atomic E-state index is -0.556. The Morgan fingerprint density at radius 2 is 1.05 bits per heavy atom. The van der Waals surface area contributed by atoms with E-state index in [4.69, 9.17) is 14.4 Å². The first kappa shape index (κ1) is 36.8. The predicted octanol–water partition coefficient (Wildman–Crippen LogP) is 15.1. The van der Waals surface area contributed by atoms with Crippen molar-refractivity contribution in [3.63, 3.8) is 0 Å². The highest BCUT2D eigenvalue weighted by Crippen LogP contribution is 2.50. The summed E-state index contributed by atoms with van der Waals surface area (Å²) in [4.78, 5) is 10.9. The van der Waals surface area contributed by atoms with Gasteiger partial charge in [0, 0.05) is 59.1 Å². The summed E-state index contributed by atoms with van der Waals surface area (Å²) in [7, 11) is 0. The van der Waals surface area contributed by atoms with Gasteiger partial charge in [0.1, 0.15) is 22.8 Å². The molecule has 1 aliphatic heterocycles. The molecule has 0 saturated heterocycles. The number of fused-ring (bicyclic) bond motifs is 9. The van der Waals surface area contributed by atoms with Gasteiger partial charge in [0.05, 0.1) is 0 Å². The van der Waals surface area contributed by atoms with Gasteiger partial charge < -0.3 is 9.73 Å². The number of hydrogen-bond acceptors (Lipinski definition) is 5. The smallest absolute Gasteiger partial charge is 0.170 e. The molecule has 0 saturated carbocycles. The lowest BCUT2D eigenvalue weighted by Crippen LogP contribution is -2.36. The van der Waals surface area contributed by atoms with Crippen LogP contribution in [0.5, 0.6) is 0 Å². The summed E-state index contributed by atoms with van der Waals surface area (Å²) in [6.45, 7) is 0. The summed E-state index contributed by atoms with van der Waals surface area (Å²) in [6, 6.07) is 73.9. The van der Waals surface area contributed by atoms with E-state index in [0.29, 0.717) is 0 Å². The highest BCUT2D eigenvalue weighted by atomic mass is 32.1. The molecular formula is C59H39N3OS. The second kappa shape index (κ2) is 14.9. The number of thiophene rings is 1. The van der Waals surface area contributed by atoms with Crippen LogP contribution in [0.2, 0.25) is 0 Å². The highest BCUT2D eigenvalue weighted by Gasteiger charge is 2.31. The summed E-state index contributed by atoms with van der Waals surface area (Å²) in [5.41, 5.74) is 15.8.